The maximum Gasteiger partial charge on any atom is 0.288 e. The molecule has 0 unspecified atom stereocenters. The zero-order chi connectivity index (χ0) is 17.7. The number of hydrogen-bond acceptors (Lipinski definition) is 4. The summed E-state index contributed by atoms with van der Waals surface area (Å²) in [6.07, 6.45) is 2.44. The van der Waals surface area contributed by atoms with E-state index >= 15 is 0 Å². The number of nitrogens with zero attached hydrogens (tertiary/aromatic N) is 2. The van der Waals surface area contributed by atoms with Gasteiger partial charge in [0.1, 0.15) is 0 Å². The molecule has 7 heteroatoms. The van der Waals surface area contributed by atoms with Crippen LogP contribution in [0.2, 0.25) is 0 Å². The molecule has 2 N–H and O–H groups in total. The Kier molecular flexibility index (Phi) is 5.56. The van der Waals surface area contributed by atoms with E-state index in [1.165, 1.54) is 0 Å². The van der Waals surface area contributed by atoms with E-state index in [0.717, 1.165) is 0 Å². The average Bonchev–Trinajstić information content (AvgIpc) is 2.89. The number of carbonyl (C=O) groups is 2. The monoisotopic (exact) mass is 332 g/mol. The molecule has 0 radical (unpaired) electrons. The summed E-state index contributed by atoms with van der Waals surface area (Å²) in [4.78, 5) is 29.1. The SMILES string of the molecule is COCCCNC(=O)c1nc(C(=O)NC(C)(C)C)n2ccccc12. The molecule has 2 heterocycles. The van der Waals surface area contributed by atoms with Crippen LogP contribution in [0, 0.1) is 0 Å². The molecule has 130 valence electrons. The molecule has 0 aliphatic heterocycles. The summed E-state index contributed by atoms with van der Waals surface area (Å²) in [6, 6.07) is 5.37. The van der Waals surface area contributed by atoms with Crippen molar-refractivity contribution in [2.75, 3.05) is 20.3 Å². The van der Waals surface area contributed by atoms with Crippen molar-refractivity contribution in [3.8, 4) is 0 Å². The number of rotatable bonds is 6. The van der Waals surface area contributed by atoms with E-state index in [2.05, 4.69) is 15.6 Å². The first-order valence-corrected chi connectivity index (χ1v) is 7.90. The zero-order valence-electron chi connectivity index (χ0n) is 14.5. The predicted octanol–water partition coefficient (Wildman–Crippen LogP) is 1.63. The van der Waals surface area contributed by atoms with Crippen LogP contribution < -0.4 is 10.6 Å². The van der Waals surface area contributed by atoms with Crippen molar-refractivity contribution >= 4 is 17.3 Å². The number of ether oxygens (including phenoxy) is 1. The van der Waals surface area contributed by atoms with Crippen molar-refractivity contribution in [3.05, 3.63) is 35.9 Å². The topological polar surface area (TPSA) is 84.7 Å². The van der Waals surface area contributed by atoms with Crippen LogP contribution in [0.1, 0.15) is 48.3 Å². The first kappa shape index (κ1) is 17.9. The molecule has 0 bridgehead atoms. The molecule has 2 aromatic rings. The highest BCUT2D eigenvalue weighted by Crippen LogP contribution is 2.14. The van der Waals surface area contributed by atoms with Crippen LogP contribution in [-0.4, -0.2) is 47.0 Å². The third kappa shape index (κ3) is 4.32. The number of carbonyl (C=O) groups excluding carboxylic acids is 2. The lowest BCUT2D eigenvalue weighted by Crippen LogP contribution is -2.41. The van der Waals surface area contributed by atoms with Crippen molar-refractivity contribution in [2.24, 2.45) is 0 Å². The lowest BCUT2D eigenvalue weighted by Gasteiger charge is -2.19. The Morgan fingerprint density at radius 3 is 2.67 bits per heavy atom. The van der Waals surface area contributed by atoms with E-state index < -0.39 is 0 Å². The Bertz CT molecular complexity index is 731. The van der Waals surface area contributed by atoms with Gasteiger partial charge in [0, 0.05) is 32.0 Å². The van der Waals surface area contributed by atoms with Crippen LogP contribution in [0.15, 0.2) is 24.4 Å². The fourth-order valence-electron chi connectivity index (χ4n) is 2.26. The Labute approximate surface area is 141 Å². The van der Waals surface area contributed by atoms with Crippen LogP contribution in [0.5, 0.6) is 0 Å². The Balaban J connectivity index is 2.28. The van der Waals surface area contributed by atoms with Gasteiger partial charge in [0.05, 0.1) is 5.52 Å². The van der Waals surface area contributed by atoms with E-state index in [4.69, 9.17) is 4.74 Å². The number of hydrogen-bond donors (Lipinski definition) is 2. The van der Waals surface area contributed by atoms with E-state index in [9.17, 15) is 9.59 Å². The Morgan fingerprint density at radius 2 is 2.00 bits per heavy atom. The van der Waals surface area contributed by atoms with E-state index in [-0.39, 0.29) is 28.9 Å². The number of amides is 2. The van der Waals surface area contributed by atoms with E-state index in [1.807, 2.05) is 26.8 Å². The second-order valence-corrected chi connectivity index (χ2v) is 6.55. The number of methoxy groups -OCH3 is 1. The molecule has 2 rings (SSSR count). The van der Waals surface area contributed by atoms with Crippen molar-refractivity contribution in [1.82, 2.24) is 20.0 Å². The molecular weight excluding hydrogens is 308 g/mol. The largest absolute Gasteiger partial charge is 0.385 e. The number of nitrogens with one attached hydrogen (secondary N) is 2. The maximum absolute atomic E-state index is 12.5. The molecular formula is C17H24N4O3. The normalized spacial score (nSPS) is 11.5. The Morgan fingerprint density at radius 1 is 1.25 bits per heavy atom. The molecule has 24 heavy (non-hydrogen) atoms. The first-order valence-electron chi connectivity index (χ1n) is 7.90. The van der Waals surface area contributed by atoms with Gasteiger partial charge in [-0.3, -0.25) is 14.0 Å². The second-order valence-electron chi connectivity index (χ2n) is 6.55. The molecule has 0 aromatic carbocycles. The summed E-state index contributed by atoms with van der Waals surface area (Å²) in [6.45, 7) is 6.74. The standard InChI is InChI=1S/C17H24N4O3/c1-17(2,3)20-16(23)14-19-13(12-8-5-6-10-21(12)14)15(22)18-9-7-11-24-4/h5-6,8,10H,7,9,11H2,1-4H3,(H,18,22)(H,20,23). The first-order chi connectivity index (χ1) is 11.3. The zero-order valence-corrected chi connectivity index (χ0v) is 14.5. The maximum atomic E-state index is 12.5. The third-order valence-electron chi connectivity index (χ3n) is 3.27. The molecule has 0 saturated heterocycles. The molecule has 0 aliphatic carbocycles. The Hall–Kier alpha value is -2.41. The highest BCUT2D eigenvalue weighted by molar-refractivity contribution is 6.02. The fourth-order valence-corrected chi connectivity index (χ4v) is 2.26. The van der Waals surface area contributed by atoms with Crippen LogP contribution >= 0.6 is 0 Å². The molecule has 7 nitrogen and oxygen atoms in total. The van der Waals surface area contributed by atoms with Crippen molar-refractivity contribution in [2.45, 2.75) is 32.7 Å². The smallest absolute Gasteiger partial charge is 0.288 e. The van der Waals surface area contributed by atoms with Gasteiger partial charge in [-0.15, -0.1) is 0 Å². The minimum Gasteiger partial charge on any atom is -0.385 e. The minimum absolute atomic E-state index is 0.197. The molecule has 0 aliphatic rings. The average molecular weight is 332 g/mol. The van der Waals surface area contributed by atoms with E-state index in [0.29, 0.717) is 25.1 Å². The van der Waals surface area contributed by atoms with Gasteiger partial charge in [-0.05, 0) is 39.3 Å². The van der Waals surface area contributed by atoms with Crippen molar-refractivity contribution < 1.29 is 14.3 Å². The third-order valence-corrected chi connectivity index (χ3v) is 3.27. The van der Waals surface area contributed by atoms with Crippen molar-refractivity contribution in [1.29, 1.82) is 0 Å². The molecule has 0 saturated carbocycles. The lowest BCUT2D eigenvalue weighted by molar-refractivity contribution is 0.0908. The van der Waals surface area contributed by atoms with Gasteiger partial charge in [0.25, 0.3) is 11.8 Å². The fraction of sp³-hybridized carbons (Fsp3) is 0.471. The molecule has 0 atom stereocenters. The number of aromatic nitrogens is 2. The molecule has 0 fully saturated rings. The summed E-state index contributed by atoms with van der Waals surface area (Å²) < 4.78 is 6.59. The summed E-state index contributed by atoms with van der Waals surface area (Å²) in [5.41, 5.74) is 0.452. The highest BCUT2D eigenvalue weighted by Gasteiger charge is 2.23. The number of imidazole rings is 1. The summed E-state index contributed by atoms with van der Waals surface area (Å²) >= 11 is 0. The van der Waals surface area contributed by atoms with Gasteiger partial charge in [-0.25, -0.2) is 4.98 Å². The van der Waals surface area contributed by atoms with Gasteiger partial charge in [0.2, 0.25) is 5.82 Å². The quantitative estimate of drug-likeness (QED) is 0.788. The van der Waals surface area contributed by atoms with Crippen LogP contribution in [0.3, 0.4) is 0 Å². The molecule has 2 amide bonds. The highest BCUT2D eigenvalue weighted by atomic mass is 16.5. The summed E-state index contributed by atoms with van der Waals surface area (Å²) in [5, 5.41) is 5.67. The molecule has 2 aromatic heterocycles. The summed E-state index contributed by atoms with van der Waals surface area (Å²) in [7, 11) is 1.62. The van der Waals surface area contributed by atoms with E-state index in [1.54, 1.807) is 29.8 Å². The van der Waals surface area contributed by atoms with Gasteiger partial charge < -0.3 is 15.4 Å². The number of fused-ring (bicyclic) bond motifs is 1. The second kappa shape index (κ2) is 7.44. The number of pyridine rings is 1. The van der Waals surface area contributed by atoms with Gasteiger partial charge >= 0.3 is 0 Å². The molecule has 0 spiro atoms. The van der Waals surface area contributed by atoms with Gasteiger partial charge in [-0.1, -0.05) is 6.07 Å². The van der Waals surface area contributed by atoms with Crippen LogP contribution in [-0.2, 0) is 4.74 Å². The van der Waals surface area contributed by atoms with Gasteiger partial charge in [-0.2, -0.15) is 0 Å². The predicted molar refractivity (Wildman–Crippen MR) is 91.2 cm³/mol. The van der Waals surface area contributed by atoms with Gasteiger partial charge in [0.15, 0.2) is 5.69 Å². The summed E-state index contributed by atoms with van der Waals surface area (Å²) in [5.74, 6) is -0.422. The van der Waals surface area contributed by atoms with Crippen LogP contribution in [0.25, 0.3) is 5.52 Å². The van der Waals surface area contributed by atoms with Crippen LogP contribution in [0.4, 0.5) is 0 Å². The minimum atomic E-state index is -0.389. The van der Waals surface area contributed by atoms with Crippen molar-refractivity contribution in [3.63, 3.8) is 0 Å². The lowest BCUT2D eigenvalue weighted by atomic mass is 10.1.